The van der Waals surface area contributed by atoms with E-state index in [9.17, 15) is 4.79 Å². The number of para-hydroxylation sites is 1. The third-order valence-corrected chi connectivity index (χ3v) is 5.73. The van der Waals surface area contributed by atoms with Crippen LogP contribution in [0.4, 0.5) is 0 Å². The maximum absolute atomic E-state index is 12.1. The Morgan fingerprint density at radius 2 is 2.04 bits per heavy atom. The summed E-state index contributed by atoms with van der Waals surface area (Å²) in [5.74, 6) is 0.605. The third-order valence-electron chi connectivity index (χ3n) is 3.29. The molecule has 0 radical (unpaired) electrons. The molecule has 4 aromatic rings. The summed E-state index contributed by atoms with van der Waals surface area (Å²) < 4.78 is 3.59. The van der Waals surface area contributed by atoms with Crippen molar-refractivity contribution in [3.8, 4) is 0 Å². The molecular weight excluding hydrogens is 350 g/mol. The molecule has 0 saturated heterocycles. The molecule has 114 valence electrons. The largest absolute Gasteiger partial charge is 0.269 e. The van der Waals surface area contributed by atoms with Crippen LogP contribution in [0.15, 0.2) is 57.8 Å². The van der Waals surface area contributed by atoms with Crippen molar-refractivity contribution >= 4 is 50.6 Å². The molecule has 0 saturated carbocycles. The van der Waals surface area contributed by atoms with E-state index < -0.39 is 0 Å². The van der Waals surface area contributed by atoms with Crippen LogP contribution in [0.2, 0.25) is 5.02 Å². The summed E-state index contributed by atoms with van der Waals surface area (Å²) in [6, 6.07) is 13.1. The minimum atomic E-state index is -0.127. The maximum Gasteiger partial charge on any atom is 0.258 e. The maximum atomic E-state index is 12.1. The van der Waals surface area contributed by atoms with Gasteiger partial charge < -0.3 is 0 Å². The van der Waals surface area contributed by atoms with E-state index in [0.29, 0.717) is 16.4 Å². The standard InChI is InChI=1S/C16H10ClN3OS2/c17-10-5-6-14-18-11(7-15(21)20(14)8-10)9-22-16-19-12-3-1-2-4-13(12)23-16/h1-8H,9H2. The first-order valence-electron chi connectivity index (χ1n) is 6.85. The van der Waals surface area contributed by atoms with Gasteiger partial charge in [0.2, 0.25) is 0 Å². The first-order chi connectivity index (χ1) is 11.2. The van der Waals surface area contributed by atoms with E-state index in [4.69, 9.17) is 11.6 Å². The summed E-state index contributed by atoms with van der Waals surface area (Å²) in [5.41, 5.74) is 2.21. The van der Waals surface area contributed by atoms with Crippen molar-refractivity contribution in [3.63, 3.8) is 0 Å². The molecule has 0 aliphatic heterocycles. The van der Waals surface area contributed by atoms with Gasteiger partial charge in [-0.3, -0.25) is 9.20 Å². The van der Waals surface area contributed by atoms with Gasteiger partial charge in [-0.05, 0) is 24.3 Å². The molecule has 0 spiro atoms. The van der Waals surface area contributed by atoms with Crippen LogP contribution in [0, 0.1) is 0 Å². The summed E-state index contributed by atoms with van der Waals surface area (Å²) in [5, 5.41) is 0.512. The van der Waals surface area contributed by atoms with Gasteiger partial charge in [-0.1, -0.05) is 35.5 Å². The lowest BCUT2D eigenvalue weighted by atomic mass is 10.3. The number of pyridine rings is 1. The van der Waals surface area contributed by atoms with Crippen molar-refractivity contribution in [2.24, 2.45) is 0 Å². The highest BCUT2D eigenvalue weighted by Crippen LogP contribution is 2.30. The number of benzene rings is 1. The lowest BCUT2D eigenvalue weighted by Gasteiger charge is -2.03. The molecule has 0 amide bonds. The second-order valence-electron chi connectivity index (χ2n) is 4.90. The highest BCUT2D eigenvalue weighted by molar-refractivity contribution is 8.00. The zero-order valence-corrected chi connectivity index (χ0v) is 14.2. The first-order valence-corrected chi connectivity index (χ1v) is 9.03. The number of hydrogen-bond acceptors (Lipinski definition) is 5. The van der Waals surface area contributed by atoms with Crippen molar-refractivity contribution in [2.75, 3.05) is 0 Å². The monoisotopic (exact) mass is 359 g/mol. The van der Waals surface area contributed by atoms with Crippen molar-refractivity contribution in [1.29, 1.82) is 0 Å². The Bertz CT molecular complexity index is 1040. The number of fused-ring (bicyclic) bond motifs is 2. The Kier molecular flexibility index (Phi) is 3.80. The quantitative estimate of drug-likeness (QED) is 0.513. The Labute approximate surface area is 144 Å². The Morgan fingerprint density at radius 3 is 2.91 bits per heavy atom. The SMILES string of the molecule is O=c1cc(CSc2nc3ccccc3s2)nc2ccc(Cl)cn12. The summed E-state index contributed by atoms with van der Waals surface area (Å²) in [6.45, 7) is 0. The Morgan fingerprint density at radius 1 is 1.17 bits per heavy atom. The van der Waals surface area contributed by atoms with Crippen LogP contribution in [-0.4, -0.2) is 14.4 Å². The number of halogens is 1. The Hall–Kier alpha value is -1.89. The van der Waals surface area contributed by atoms with Crippen LogP contribution in [-0.2, 0) is 5.75 Å². The van der Waals surface area contributed by atoms with Gasteiger partial charge in [0.05, 0.1) is 20.9 Å². The number of rotatable bonds is 3. The summed E-state index contributed by atoms with van der Waals surface area (Å²) >= 11 is 9.15. The zero-order valence-electron chi connectivity index (χ0n) is 11.8. The van der Waals surface area contributed by atoms with E-state index in [1.165, 1.54) is 4.40 Å². The van der Waals surface area contributed by atoms with Crippen molar-refractivity contribution in [1.82, 2.24) is 14.4 Å². The second-order valence-corrected chi connectivity index (χ2v) is 7.59. The minimum Gasteiger partial charge on any atom is -0.269 e. The van der Waals surface area contributed by atoms with E-state index in [1.807, 2.05) is 18.2 Å². The number of nitrogens with zero attached hydrogens (tertiary/aromatic N) is 3. The summed E-state index contributed by atoms with van der Waals surface area (Å²) in [7, 11) is 0. The lowest BCUT2D eigenvalue weighted by molar-refractivity contribution is 1.01. The van der Waals surface area contributed by atoms with Gasteiger partial charge >= 0.3 is 0 Å². The predicted molar refractivity (Wildman–Crippen MR) is 95.7 cm³/mol. The van der Waals surface area contributed by atoms with Crippen LogP contribution in [0.3, 0.4) is 0 Å². The van der Waals surface area contributed by atoms with E-state index in [-0.39, 0.29) is 5.56 Å². The molecule has 3 heterocycles. The molecule has 7 heteroatoms. The normalized spacial score (nSPS) is 11.3. The summed E-state index contributed by atoms with van der Waals surface area (Å²) in [4.78, 5) is 21.2. The van der Waals surface area contributed by atoms with Crippen molar-refractivity contribution < 1.29 is 0 Å². The average molecular weight is 360 g/mol. The van der Waals surface area contributed by atoms with E-state index in [1.54, 1.807) is 47.5 Å². The zero-order chi connectivity index (χ0) is 15.8. The van der Waals surface area contributed by atoms with Gasteiger partial charge in [0.25, 0.3) is 5.56 Å². The molecule has 1 aromatic carbocycles. The van der Waals surface area contributed by atoms with Gasteiger partial charge in [-0.2, -0.15) is 0 Å². The topological polar surface area (TPSA) is 47.3 Å². The second kappa shape index (κ2) is 5.96. The molecule has 3 aromatic heterocycles. The van der Waals surface area contributed by atoms with Crippen molar-refractivity contribution in [3.05, 3.63) is 69.7 Å². The van der Waals surface area contributed by atoms with Gasteiger partial charge in [0.1, 0.15) is 5.65 Å². The molecule has 0 N–H and O–H groups in total. The minimum absolute atomic E-state index is 0.127. The van der Waals surface area contributed by atoms with E-state index in [2.05, 4.69) is 16.0 Å². The number of aromatic nitrogens is 3. The fraction of sp³-hybridized carbons (Fsp3) is 0.0625. The molecule has 0 aliphatic rings. The van der Waals surface area contributed by atoms with Gasteiger partial charge in [-0.25, -0.2) is 9.97 Å². The van der Waals surface area contributed by atoms with Crippen LogP contribution >= 0.6 is 34.7 Å². The fourth-order valence-corrected chi connectivity index (χ4v) is 4.37. The molecule has 0 unspecified atom stereocenters. The highest BCUT2D eigenvalue weighted by Gasteiger charge is 2.07. The molecular formula is C16H10ClN3OS2. The van der Waals surface area contributed by atoms with Gasteiger partial charge in [0, 0.05) is 18.0 Å². The van der Waals surface area contributed by atoms with Crippen LogP contribution in [0.1, 0.15) is 5.69 Å². The van der Waals surface area contributed by atoms with Crippen LogP contribution in [0.25, 0.3) is 15.9 Å². The van der Waals surface area contributed by atoms with Crippen LogP contribution in [0.5, 0.6) is 0 Å². The molecule has 4 rings (SSSR count). The molecule has 0 fully saturated rings. The summed E-state index contributed by atoms with van der Waals surface area (Å²) in [6.07, 6.45) is 1.58. The molecule has 0 bridgehead atoms. The fourth-order valence-electron chi connectivity index (χ4n) is 2.25. The van der Waals surface area contributed by atoms with Crippen molar-refractivity contribution in [2.45, 2.75) is 10.1 Å². The number of thiazole rings is 1. The number of hydrogen-bond donors (Lipinski definition) is 0. The van der Waals surface area contributed by atoms with E-state index in [0.717, 1.165) is 20.3 Å². The predicted octanol–water partition coefficient (Wildman–Crippen LogP) is 4.25. The lowest BCUT2D eigenvalue weighted by Crippen LogP contribution is -2.14. The third kappa shape index (κ3) is 2.97. The van der Waals surface area contributed by atoms with E-state index >= 15 is 0 Å². The van der Waals surface area contributed by atoms with Gasteiger partial charge in [-0.15, -0.1) is 11.3 Å². The van der Waals surface area contributed by atoms with Gasteiger partial charge in [0.15, 0.2) is 4.34 Å². The Balaban J connectivity index is 1.62. The highest BCUT2D eigenvalue weighted by atomic mass is 35.5. The number of thioether (sulfide) groups is 1. The van der Waals surface area contributed by atoms with Crippen LogP contribution < -0.4 is 5.56 Å². The molecule has 0 atom stereocenters. The average Bonchev–Trinajstić information content (AvgIpc) is 2.96. The smallest absolute Gasteiger partial charge is 0.258 e. The molecule has 0 aliphatic carbocycles. The first kappa shape index (κ1) is 14.7. The molecule has 4 nitrogen and oxygen atoms in total. The molecule has 23 heavy (non-hydrogen) atoms.